The van der Waals surface area contributed by atoms with Crippen molar-refractivity contribution < 1.29 is 19.1 Å². The molecule has 0 bridgehead atoms. The summed E-state index contributed by atoms with van der Waals surface area (Å²) in [5.74, 6) is -0.195. The van der Waals surface area contributed by atoms with E-state index in [1.165, 1.54) is 6.42 Å². The van der Waals surface area contributed by atoms with Gasteiger partial charge in [-0.15, -0.1) is 0 Å². The normalized spacial score (nSPS) is 18.1. The third-order valence-corrected chi connectivity index (χ3v) is 2.47. The minimum atomic E-state index is -1.00. The van der Waals surface area contributed by atoms with Gasteiger partial charge in [-0.05, 0) is 12.3 Å². The smallest absolute Gasteiger partial charge is 0.437 e. The van der Waals surface area contributed by atoms with Crippen molar-refractivity contribution in [1.82, 2.24) is 0 Å². The highest BCUT2D eigenvalue weighted by atomic mass is 16.7. The van der Waals surface area contributed by atoms with E-state index in [1.54, 1.807) is 0 Å². The van der Waals surface area contributed by atoms with E-state index in [1.807, 2.05) is 0 Å². The van der Waals surface area contributed by atoms with Crippen molar-refractivity contribution in [2.75, 3.05) is 7.11 Å². The Bertz CT molecular complexity index is 225. The van der Waals surface area contributed by atoms with Gasteiger partial charge in [-0.1, -0.05) is 19.3 Å². The SMILES string of the molecule is COC(=O)OC(=O)[C@H](N)CC1CCC1. The van der Waals surface area contributed by atoms with Gasteiger partial charge in [0.15, 0.2) is 0 Å². The Kier molecular flexibility index (Phi) is 3.88. The highest BCUT2D eigenvalue weighted by Gasteiger charge is 2.26. The van der Waals surface area contributed by atoms with Crippen molar-refractivity contribution in [1.29, 1.82) is 0 Å². The van der Waals surface area contributed by atoms with Crippen molar-refractivity contribution in [3.05, 3.63) is 0 Å². The van der Waals surface area contributed by atoms with E-state index in [9.17, 15) is 9.59 Å². The molecule has 0 heterocycles. The summed E-state index contributed by atoms with van der Waals surface area (Å²) in [6.45, 7) is 0. The second-order valence-electron chi connectivity index (χ2n) is 3.51. The quantitative estimate of drug-likeness (QED) is 0.540. The maximum Gasteiger partial charge on any atom is 0.515 e. The van der Waals surface area contributed by atoms with E-state index in [4.69, 9.17) is 5.73 Å². The van der Waals surface area contributed by atoms with E-state index < -0.39 is 18.2 Å². The van der Waals surface area contributed by atoms with Crippen molar-refractivity contribution in [2.24, 2.45) is 11.7 Å². The van der Waals surface area contributed by atoms with Crippen LogP contribution in [0.1, 0.15) is 25.7 Å². The molecule has 0 aromatic rings. The van der Waals surface area contributed by atoms with E-state index in [-0.39, 0.29) is 0 Å². The van der Waals surface area contributed by atoms with Gasteiger partial charge in [0, 0.05) is 0 Å². The van der Waals surface area contributed by atoms with Crippen LogP contribution in [0.4, 0.5) is 4.79 Å². The zero-order valence-electron chi connectivity index (χ0n) is 8.19. The number of hydrogen-bond acceptors (Lipinski definition) is 5. The first-order valence-corrected chi connectivity index (χ1v) is 4.68. The average Bonchev–Trinajstić information content (AvgIpc) is 2.10. The largest absolute Gasteiger partial charge is 0.515 e. The second-order valence-corrected chi connectivity index (χ2v) is 3.51. The van der Waals surface area contributed by atoms with E-state index >= 15 is 0 Å². The zero-order chi connectivity index (χ0) is 10.6. The fraction of sp³-hybridized carbons (Fsp3) is 0.778. The van der Waals surface area contributed by atoms with E-state index in [0.29, 0.717) is 12.3 Å². The van der Waals surface area contributed by atoms with Crippen LogP contribution in [0.15, 0.2) is 0 Å². The van der Waals surface area contributed by atoms with Gasteiger partial charge in [-0.2, -0.15) is 0 Å². The Morgan fingerprint density at radius 3 is 2.57 bits per heavy atom. The van der Waals surface area contributed by atoms with Gasteiger partial charge in [0.2, 0.25) is 0 Å². The first-order chi connectivity index (χ1) is 6.63. The number of carbonyl (C=O) groups is 2. The average molecular weight is 201 g/mol. The van der Waals surface area contributed by atoms with Crippen LogP contribution in [0.2, 0.25) is 0 Å². The Morgan fingerprint density at radius 1 is 1.50 bits per heavy atom. The lowest BCUT2D eigenvalue weighted by Crippen LogP contribution is -2.36. The minimum Gasteiger partial charge on any atom is -0.437 e. The highest BCUT2D eigenvalue weighted by Crippen LogP contribution is 2.30. The summed E-state index contributed by atoms with van der Waals surface area (Å²) < 4.78 is 8.48. The third-order valence-electron chi connectivity index (χ3n) is 2.47. The summed E-state index contributed by atoms with van der Waals surface area (Å²) >= 11 is 0. The molecule has 2 N–H and O–H groups in total. The molecule has 0 radical (unpaired) electrons. The van der Waals surface area contributed by atoms with Crippen LogP contribution in [0, 0.1) is 5.92 Å². The molecule has 5 heteroatoms. The number of esters is 1. The lowest BCUT2D eigenvalue weighted by Gasteiger charge is -2.26. The number of carbonyl (C=O) groups excluding carboxylic acids is 2. The molecule has 1 saturated carbocycles. The number of hydrogen-bond donors (Lipinski definition) is 1. The number of rotatable bonds is 3. The predicted octanol–water partition coefficient (Wildman–Crippen LogP) is 0.813. The van der Waals surface area contributed by atoms with Gasteiger partial charge in [-0.3, -0.25) is 0 Å². The standard InChI is InChI=1S/C9H15NO4/c1-13-9(12)14-8(11)7(10)5-6-3-2-4-6/h6-7H,2-5,10H2,1H3/t7-/m1/s1. The molecule has 1 rings (SSSR count). The number of nitrogens with two attached hydrogens (primary N) is 1. The van der Waals surface area contributed by atoms with Gasteiger partial charge in [0.1, 0.15) is 6.04 Å². The predicted molar refractivity (Wildman–Crippen MR) is 48.4 cm³/mol. The Hall–Kier alpha value is -1.10. The lowest BCUT2D eigenvalue weighted by atomic mass is 9.81. The maximum atomic E-state index is 11.1. The topological polar surface area (TPSA) is 78.6 Å². The third kappa shape index (κ3) is 2.99. The summed E-state index contributed by atoms with van der Waals surface area (Å²) in [5, 5.41) is 0. The van der Waals surface area contributed by atoms with Crippen LogP contribution >= 0.6 is 0 Å². The molecule has 0 amide bonds. The van der Waals surface area contributed by atoms with Gasteiger partial charge in [0.05, 0.1) is 7.11 Å². The summed E-state index contributed by atoms with van der Waals surface area (Å²) in [7, 11) is 1.15. The highest BCUT2D eigenvalue weighted by molar-refractivity contribution is 5.85. The van der Waals surface area contributed by atoms with Crippen molar-refractivity contribution in [3.63, 3.8) is 0 Å². The Balaban J connectivity index is 2.24. The summed E-state index contributed by atoms with van der Waals surface area (Å²) in [6.07, 6.45) is 3.01. The van der Waals surface area contributed by atoms with Gasteiger partial charge >= 0.3 is 12.1 Å². The minimum absolute atomic E-state index is 0.509. The van der Waals surface area contributed by atoms with E-state index in [2.05, 4.69) is 9.47 Å². The van der Waals surface area contributed by atoms with Crippen LogP contribution in [0.3, 0.4) is 0 Å². The lowest BCUT2D eigenvalue weighted by molar-refractivity contribution is -0.141. The summed E-state index contributed by atoms with van der Waals surface area (Å²) in [5.41, 5.74) is 5.55. The van der Waals surface area contributed by atoms with Crippen molar-refractivity contribution in [2.45, 2.75) is 31.7 Å². The maximum absolute atomic E-state index is 11.1. The van der Waals surface area contributed by atoms with E-state index in [0.717, 1.165) is 20.0 Å². The monoisotopic (exact) mass is 201 g/mol. The van der Waals surface area contributed by atoms with Crippen molar-refractivity contribution in [3.8, 4) is 0 Å². The second kappa shape index (κ2) is 4.95. The molecule has 0 aromatic carbocycles. The number of methoxy groups -OCH3 is 1. The molecule has 0 saturated heterocycles. The Labute approximate surface area is 82.5 Å². The molecule has 1 atom stereocenters. The molecule has 5 nitrogen and oxygen atoms in total. The van der Waals surface area contributed by atoms with Gasteiger partial charge in [-0.25, -0.2) is 9.59 Å². The van der Waals surface area contributed by atoms with Gasteiger partial charge < -0.3 is 15.2 Å². The molecule has 1 aliphatic rings. The van der Waals surface area contributed by atoms with Crippen LogP contribution in [0.25, 0.3) is 0 Å². The molecule has 1 aliphatic carbocycles. The van der Waals surface area contributed by atoms with Crippen LogP contribution in [-0.2, 0) is 14.3 Å². The van der Waals surface area contributed by atoms with Crippen LogP contribution in [0.5, 0.6) is 0 Å². The molecule has 1 fully saturated rings. The fourth-order valence-electron chi connectivity index (χ4n) is 1.38. The van der Waals surface area contributed by atoms with Crippen LogP contribution in [-0.4, -0.2) is 25.3 Å². The number of ether oxygens (including phenoxy) is 2. The molecule has 0 unspecified atom stereocenters. The van der Waals surface area contributed by atoms with Crippen LogP contribution < -0.4 is 5.73 Å². The molecule has 0 aromatic heterocycles. The zero-order valence-corrected chi connectivity index (χ0v) is 8.19. The van der Waals surface area contributed by atoms with Gasteiger partial charge in [0.25, 0.3) is 0 Å². The first-order valence-electron chi connectivity index (χ1n) is 4.68. The molecule has 0 aliphatic heterocycles. The molecule has 14 heavy (non-hydrogen) atoms. The molecular formula is C9H15NO4. The van der Waals surface area contributed by atoms with Crippen molar-refractivity contribution >= 4 is 12.1 Å². The summed E-state index contributed by atoms with van der Waals surface area (Å²) in [4.78, 5) is 21.7. The molecule has 0 spiro atoms. The summed E-state index contributed by atoms with van der Waals surface area (Å²) in [6, 6.07) is -0.709. The fourth-order valence-corrected chi connectivity index (χ4v) is 1.38. The first kappa shape index (κ1) is 11.0. The molecular weight excluding hydrogens is 186 g/mol. The Morgan fingerprint density at radius 2 is 2.14 bits per heavy atom. The molecule has 80 valence electrons.